The maximum absolute atomic E-state index is 10.8. The van der Waals surface area contributed by atoms with E-state index in [0.29, 0.717) is 0 Å². The molecule has 1 unspecified atom stereocenters. The largest absolute Gasteiger partial charge is 0.467 e. The van der Waals surface area contributed by atoms with Gasteiger partial charge in [0, 0.05) is 0 Å². The van der Waals surface area contributed by atoms with E-state index in [9.17, 15) is 9.90 Å². The topological polar surface area (TPSA) is 103 Å². The van der Waals surface area contributed by atoms with E-state index in [-0.39, 0.29) is 12.5 Å². The Morgan fingerprint density at radius 1 is 1.92 bits per heavy atom. The monoisotopic (exact) mass is 186 g/mol. The molecule has 0 fully saturated rings. The van der Waals surface area contributed by atoms with Crippen LogP contribution in [0.1, 0.15) is 0 Å². The highest BCUT2D eigenvalue weighted by Gasteiger charge is 2.16. The summed E-state index contributed by atoms with van der Waals surface area (Å²) in [5, 5.41) is 12.9. The van der Waals surface area contributed by atoms with Gasteiger partial charge in [-0.25, -0.2) is 14.5 Å². The van der Waals surface area contributed by atoms with E-state index in [1.54, 1.807) is 0 Å². The Morgan fingerprint density at radius 2 is 2.62 bits per heavy atom. The van der Waals surface area contributed by atoms with E-state index >= 15 is 0 Å². The Labute approximate surface area is 74.1 Å². The number of anilines is 1. The number of esters is 1. The van der Waals surface area contributed by atoms with Gasteiger partial charge < -0.3 is 15.6 Å². The maximum Gasteiger partial charge on any atom is 0.336 e. The minimum atomic E-state index is -1.24. The average Bonchev–Trinajstić information content (AvgIpc) is 2.49. The summed E-state index contributed by atoms with van der Waals surface area (Å²) in [5.74, 6) is -0.619. The quantitative estimate of drug-likeness (QED) is 0.551. The summed E-state index contributed by atoms with van der Waals surface area (Å²) in [7, 11) is 1.20. The van der Waals surface area contributed by atoms with Gasteiger partial charge in [-0.05, 0) is 0 Å². The Balaban J connectivity index is 2.54. The second kappa shape index (κ2) is 3.85. The van der Waals surface area contributed by atoms with Gasteiger partial charge in [0.1, 0.15) is 6.33 Å². The molecule has 0 aliphatic carbocycles. The Bertz CT molecular complexity index is 298. The van der Waals surface area contributed by atoms with E-state index in [4.69, 9.17) is 5.73 Å². The van der Waals surface area contributed by atoms with Gasteiger partial charge in [0.2, 0.25) is 5.95 Å². The van der Waals surface area contributed by atoms with Gasteiger partial charge in [-0.3, -0.25) is 0 Å². The molecular formula is C6H10N4O3. The normalized spacial score (nSPS) is 12.5. The van der Waals surface area contributed by atoms with Crippen LogP contribution in [-0.2, 0) is 16.1 Å². The molecule has 0 radical (unpaired) electrons. The van der Waals surface area contributed by atoms with Crippen LogP contribution in [0.25, 0.3) is 0 Å². The molecule has 0 spiro atoms. The van der Waals surface area contributed by atoms with E-state index in [1.165, 1.54) is 18.1 Å². The molecular weight excluding hydrogens is 176 g/mol. The SMILES string of the molecule is COC(=O)C(O)Cn1cnc(N)n1. The van der Waals surface area contributed by atoms with Crippen molar-refractivity contribution in [3.8, 4) is 0 Å². The van der Waals surface area contributed by atoms with Gasteiger partial charge in [0.15, 0.2) is 6.10 Å². The number of hydrogen-bond donors (Lipinski definition) is 2. The van der Waals surface area contributed by atoms with Gasteiger partial charge in [-0.15, -0.1) is 5.10 Å². The van der Waals surface area contributed by atoms with E-state index in [1.807, 2.05) is 0 Å². The third-order valence-corrected chi connectivity index (χ3v) is 1.39. The molecule has 1 rings (SSSR count). The number of aliphatic hydroxyl groups is 1. The second-order valence-electron chi connectivity index (χ2n) is 2.36. The number of nitrogen functional groups attached to an aromatic ring is 1. The highest BCUT2D eigenvalue weighted by Crippen LogP contribution is 1.94. The third kappa shape index (κ3) is 2.41. The zero-order valence-electron chi connectivity index (χ0n) is 7.04. The number of aliphatic hydroxyl groups excluding tert-OH is 1. The molecule has 0 aliphatic rings. The van der Waals surface area contributed by atoms with Crippen LogP contribution in [0.2, 0.25) is 0 Å². The van der Waals surface area contributed by atoms with Crippen LogP contribution in [0.15, 0.2) is 6.33 Å². The molecule has 7 nitrogen and oxygen atoms in total. The molecule has 0 aliphatic heterocycles. The first-order valence-corrected chi connectivity index (χ1v) is 3.54. The number of ether oxygens (including phenoxy) is 1. The molecule has 1 atom stereocenters. The maximum atomic E-state index is 10.8. The first-order valence-electron chi connectivity index (χ1n) is 3.54. The van der Waals surface area contributed by atoms with Gasteiger partial charge in [-0.1, -0.05) is 0 Å². The van der Waals surface area contributed by atoms with Crippen molar-refractivity contribution in [2.75, 3.05) is 12.8 Å². The van der Waals surface area contributed by atoms with Crippen molar-refractivity contribution in [2.45, 2.75) is 12.6 Å². The molecule has 1 aromatic rings. The predicted octanol–water partition coefficient (Wildman–Crippen LogP) is -1.61. The molecule has 3 N–H and O–H groups in total. The first kappa shape index (κ1) is 9.46. The lowest BCUT2D eigenvalue weighted by Crippen LogP contribution is -2.27. The minimum absolute atomic E-state index is 0.0170. The highest BCUT2D eigenvalue weighted by molar-refractivity contribution is 5.73. The summed E-state index contributed by atoms with van der Waals surface area (Å²) in [6, 6.07) is 0. The van der Waals surface area contributed by atoms with Gasteiger partial charge in [0.25, 0.3) is 0 Å². The fourth-order valence-electron chi connectivity index (χ4n) is 0.785. The zero-order chi connectivity index (χ0) is 9.84. The zero-order valence-corrected chi connectivity index (χ0v) is 7.04. The molecule has 0 saturated heterocycles. The molecule has 0 bridgehead atoms. The van der Waals surface area contributed by atoms with Gasteiger partial charge in [-0.2, -0.15) is 0 Å². The lowest BCUT2D eigenvalue weighted by Gasteiger charge is -2.06. The van der Waals surface area contributed by atoms with E-state index in [2.05, 4.69) is 14.8 Å². The molecule has 7 heteroatoms. The molecule has 0 saturated carbocycles. The van der Waals surface area contributed by atoms with Crippen molar-refractivity contribution in [1.29, 1.82) is 0 Å². The van der Waals surface area contributed by atoms with Crippen molar-refractivity contribution in [3.63, 3.8) is 0 Å². The lowest BCUT2D eigenvalue weighted by atomic mass is 10.4. The number of carbonyl (C=O) groups is 1. The van der Waals surface area contributed by atoms with Crippen molar-refractivity contribution < 1.29 is 14.6 Å². The number of aromatic nitrogens is 3. The Kier molecular flexibility index (Phi) is 2.80. The van der Waals surface area contributed by atoms with E-state index in [0.717, 1.165) is 0 Å². The summed E-state index contributed by atoms with van der Waals surface area (Å²) >= 11 is 0. The van der Waals surface area contributed by atoms with Crippen LogP contribution in [-0.4, -0.2) is 39.1 Å². The highest BCUT2D eigenvalue weighted by atomic mass is 16.5. The standard InChI is InChI=1S/C6H10N4O3/c1-13-5(12)4(11)2-10-3-8-6(7)9-10/h3-4,11H,2H2,1H3,(H2,7,9). The van der Waals surface area contributed by atoms with Crippen LogP contribution >= 0.6 is 0 Å². The second-order valence-corrected chi connectivity index (χ2v) is 2.36. The van der Waals surface area contributed by atoms with Crippen LogP contribution < -0.4 is 5.73 Å². The fraction of sp³-hybridized carbons (Fsp3) is 0.500. The first-order chi connectivity index (χ1) is 6.13. The number of hydrogen-bond acceptors (Lipinski definition) is 6. The molecule has 0 amide bonds. The van der Waals surface area contributed by atoms with E-state index < -0.39 is 12.1 Å². The van der Waals surface area contributed by atoms with Crippen LogP contribution in [0.4, 0.5) is 5.95 Å². The summed E-state index contributed by atoms with van der Waals surface area (Å²) in [5.41, 5.74) is 5.22. The average molecular weight is 186 g/mol. The van der Waals surface area contributed by atoms with Crippen LogP contribution in [0.3, 0.4) is 0 Å². The summed E-state index contributed by atoms with van der Waals surface area (Å²) in [4.78, 5) is 14.4. The molecule has 13 heavy (non-hydrogen) atoms. The minimum Gasteiger partial charge on any atom is -0.467 e. The summed E-state index contributed by atoms with van der Waals surface area (Å²) < 4.78 is 5.57. The van der Waals surface area contributed by atoms with Gasteiger partial charge >= 0.3 is 5.97 Å². The Morgan fingerprint density at radius 3 is 3.08 bits per heavy atom. The predicted molar refractivity (Wildman–Crippen MR) is 42.5 cm³/mol. The molecule has 72 valence electrons. The van der Waals surface area contributed by atoms with Crippen molar-refractivity contribution in [1.82, 2.24) is 14.8 Å². The molecule has 0 aromatic carbocycles. The van der Waals surface area contributed by atoms with Crippen LogP contribution in [0, 0.1) is 0 Å². The van der Waals surface area contributed by atoms with Crippen molar-refractivity contribution >= 4 is 11.9 Å². The lowest BCUT2D eigenvalue weighted by molar-refractivity contribution is -0.151. The Hall–Kier alpha value is -1.63. The van der Waals surface area contributed by atoms with Gasteiger partial charge in [0.05, 0.1) is 13.7 Å². The van der Waals surface area contributed by atoms with Crippen LogP contribution in [0.5, 0.6) is 0 Å². The number of nitrogens with zero attached hydrogens (tertiary/aromatic N) is 3. The number of carbonyl (C=O) groups excluding carboxylic acids is 1. The fourth-order valence-corrected chi connectivity index (χ4v) is 0.785. The van der Waals surface area contributed by atoms with Crippen molar-refractivity contribution in [2.24, 2.45) is 0 Å². The molecule has 1 heterocycles. The summed E-state index contributed by atoms with van der Waals surface area (Å²) in [6.07, 6.45) is 0.0766. The number of rotatable bonds is 3. The smallest absolute Gasteiger partial charge is 0.336 e. The number of nitrogens with two attached hydrogens (primary N) is 1. The number of methoxy groups -OCH3 is 1. The summed E-state index contributed by atoms with van der Waals surface area (Å²) in [6.45, 7) is -0.0170. The van der Waals surface area contributed by atoms with Crippen molar-refractivity contribution in [3.05, 3.63) is 6.33 Å². The third-order valence-electron chi connectivity index (χ3n) is 1.39. The molecule has 1 aromatic heterocycles.